The monoisotopic (exact) mass is 284 g/mol. The minimum Gasteiger partial charge on any atom is -0.362 e. The minimum absolute atomic E-state index is 0.216. The molecule has 0 heterocycles. The predicted octanol–water partition coefficient (Wildman–Crippen LogP) is 3.45. The van der Waals surface area contributed by atoms with Crippen molar-refractivity contribution in [3.05, 3.63) is 71.8 Å². The molecule has 2 rings (SSSR count). The number of benzene rings is 2. The molecule has 0 saturated carbocycles. The first kappa shape index (κ1) is 14.5. The fraction of sp³-hybridized carbons (Fsp3) is 0.235. The van der Waals surface area contributed by atoms with E-state index in [2.05, 4.69) is 54.0 Å². The lowest BCUT2D eigenvalue weighted by Gasteiger charge is -2.17. The standard InChI is InChI=1S/C17H20N2S/c1-14(16-10-6-3-7-11-16)19-17(20)18-13-12-15-8-4-2-5-9-15/h2-11,14H,12-13H2,1H3,(H2,18,19,20)/t14-/m0/s1. The molecule has 0 fully saturated rings. The maximum atomic E-state index is 5.32. The summed E-state index contributed by atoms with van der Waals surface area (Å²) in [6.07, 6.45) is 0.975. The average molecular weight is 284 g/mol. The van der Waals surface area contributed by atoms with Crippen molar-refractivity contribution < 1.29 is 0 Å². The summed E-state index contributed by atoms with van der Waals surface area (Å²) in [4.78, 5) is 0. The quantitative estimate of drug-likeness (QED) is 0.822. The van der Waals surface area contributed by atoms with Gasteiger partial charge in [-0.3, -0.25) is 0 Å². The van der Waals surface area contributed by atoms with Crippen molar-refractivity contribution >= 4 is 17.3 Å². The Morgan fingerprint density at radius 2 is 1.60 bits per heavy atom. The summed E-state index contributed by atoms with van der Waals surface area (Å²) in [5.41, 5.74) is 2.55. The molecule has 3 heteroatoms. The molecule has 20 heavy (non-hydrogen) atoms. The first-order valence-electron chi connectivity index (χ1n) is 6.89. The predicted molar refractivity (Wildman–Crippen MR) is 88.7 cm³/mol. The molecule has 0 aliphatic carbocycles. The first-order chi connectivity index (χ1) is 9.75. The van der Waals surface area contributed by atoms with Crippen LogP contribution in [0.5, 0.6) is 0 Å². The van der Waals surface area contributed by atoms with Crippen molar-refractivity contribution in [3.8, 4) is 0 Å². The SMILES string of the molecule is C[C@H](NC(=S)NCCc1ccccc1)c1ccccc1. The Hall–Kier alpha value is -1.87. The normalized spacial score (nSPS) is 11.7. The molecule has 1 atom stereocenters. The molecule has 0 saturated heterocycles. The highest BCUT2D eigenvalue weighted by atomic mass is 32.1. The third-order valence-corrected chi connectivity index (χ3v) is 3.45. The Labute approximate surface area is 126 Å². The summed E-state index contributed by atoms with van der Waals surface area (Å²) in [6, 6.07) is 20.9. The van der Waals surface area contributed by atoms with E-state index >= 15 is 0 Å². The Kier molecular flexibility index (Phi) is 5.56. The van der Waals surface area contributed by atoms with Crippen LogP contribution in [0.4, 0.5) is 0 Å². The van der Waals surface area contributed by atoms with Crippen molar-refractivity contribution in [3.63, 3.8) is 0 Å². The van der Waals surface area contributed by atoms with Gasteiger partial charge in [0.1, 0.15) is 0 Å². The van der Waals surface area contributed by atoms with Gasteiger partial charge in [-0.1, -0.05) is 60.7 Å². The zero-order valence-corrected chi connectivity index (χ0v) is 12.5. The third-order valence-electron chi connectivity index (χ3n) is 3.19. The van der Waals surface area contributed by atoms with Gasteiger partial charge in [0.15, 0.2) is 5.11 Å². The van der Waals surface area contributed by atoms with Gasteiger partial charge in [0.2, 0.25) is 0 Å². The first-order valence-corrected chi connectivity index (χ1v) is 7.30. The fourth-order valence-corrected chi connectivity index (χ4v) is 2.32. The molecule has 104 valence electrons. The second kappa shape index (κ2) is 7.65. The van der Waals surface area contributed by atoms with Gasteiger partial charge in [0.05, 0.1) is 6.04 Å². The fourth-order valence-electron chi connectivity index (χ4n) is 2.04. The van der Waals surface area contributed by atoms with Gasteiger partial charge in [-0.05, 0) is 36.7 Å². The highest BCUT2D eigenvalue weighted by molar-refractivity contribution is 7.80. The molecule has 2 N–H and O–H groups in total. The number of hydrogen-bond donors (Lipinski definition) is 2. The van der Waals surface area contributed by atoms with E-state index in [1.54, 1.807) is 0 Å². The summed E-state index contributed by atoms with van der Waals surface area (Å²) in [5.74, 6) is 0. The summed E-state index contributed by atoms with van der Waals surface area (Å²) < 4.78 is 0. The summed E-state index contributed by atoms with van der Waals surface area (Å²) in [5, 5.41) is 7.26. The topological polar surface area (TPSA) is 24.1 Å². The van der Waals surface area contributed by atoms with Crippen LogP contribution in [0.15, 0.2) is 60.7 Å². The number of thiocarbonyl (C=S) groups is 1. The Balaban J connectivity index is 1.73. The van der Waals surface area contributed by atoms with Crippen LogP contribution in [0.25, 0.3) is 0 Å². The molecule has 0 radical (unpaired) electrons. The lowest BCUT2D eigenvalue weighted by Crippen LogP contribution is -2.37. The van der Waals surface area contributed by atoms with Crippen LogP contribution in [0.2, 0.25) is 0 Å². The molecule has 0 aliphatic rings. The van der Waals surface area contributed by atoms with Crippen LogP contribution in [0.3, 0.4) is 0 Å². The van der Waals surface area contributed by atoms with E-state index in [1.807, 2.05) is 24.3 Å². The molecule has 0 aliphatic heterocycles. The van der Waals surface area contributed by atoms with E-state index in [-0.39, 0.29) is 6.04 Å². The minimum atomic E-state index is 0.216. The van der Waals surface area contributed by atoms with E-state index in [1.165, 1.54) is 11.1 Å². The van der Waals surface area contributed by atoms with Gasteiger partial charge in [-0.2, -0.15) is 0 Å². The Morgan fingerprint density at radius 1 is 1.00 bits per heavy atom. The molecule has 0 aromatic heterocycles. The van der Waals surface area contributed by atoms with Crippen molar-refractivity contribution in [2.24, 2.45) is 0 Å². The molecule has 0 spiro atoms. The Bertz CT molecular complexity index is 525. The van der Waals surface area contributed by atoms with Gasteiger partial charge in [-0.15, -0.1) is 0 Å². The number of rotatable bonds is 5. The lowest BCUT2D eigenvalue weighted by atomic mass is 10.1. The molecule has 0 unspecified atom stereocenters. The molecular formula is C17H20N2S. The largest absolute Gasteiger partial charge is 0.362 e. The molecule has 2 nitrogen and oxygen atoms in total. The van der Waals surface area contributed by atoms with Crippen LogP contribution < -0.4 is 10.6 Å². The number of hydrogen-bond acceptors (Lipinski definition) is 1. The highest BCUT2D eigenvalue weighted by Gasteiger charge is 2.05. The van der Waals surface area contributed by atoms with E-state index in [4.69, 9.17) is 12.2 Å². The molecular weight excluding hydrogens is 264 g/mol. The van der Waals surface area contributed by atoms with Crippen LogP contribution >= 0.6 is 12.2 Å². The van der Waals surface area contributed by atoms with Gasteiger partial charge < -0.3 is 10.6 Å². The van der Waals surface area contributed by atoms with Crippen LogP contribution in [-0.2, 0) is 6.42 Å². The Morgan fingerprint density at radius 3 is 2.25 bits per heavy atom. The summed E-state index contributed by atoms with van der Waals surface area (Å²) in [7, 11) is 0. The van der Waals surface area contributed by atoms with Crippen LogP contribution in [0.1, 0.15) is 24.1 Å². The van der Waals surface area contributed by atoms with Gasteiger partial charge in [0.25, 0.3) is 0 Å². The van der Waals surface area contributed by atoms with Crippen molar-refractivity contribution in [1.29, 1.82) is 0 Å². The van der Waals surface area contributed by atoms with E-state index in [9.17, 15) is 0 Å². The highest BCUT2D eigenvalue weighted by Crippen LogP contribution is 2.10. The van der Waals surface area contributed by atoms with E-state index in [0.717, 1.165) is 13.0 Å². The molecule has 2 aromatic rings. The smallest absolute Gasteiger partial charge is 0.166 e. The molecule has 0 bridgehead atoms. The van der Waals surface area contributed by atoms with Crippen molar-refractivity contribution in [2.45, 2.75) is 19.4 Å². The third kappa shape index (κ3) is 4.67. The van der Waals surface area contributed by atoms with Gasteiger partial charge in [0, 0.05) is 6.54 Å². The van der Waals surface area contributed by atoms with Crippen molar-refractivity contribution in [2.75, 3.05) is 6.54 Å². The number of nitrogens with one attached hydrogen (secondary N) is 2. The second-order valence-corrected chi connectivity index (χ2v) is 5.18. The second-order valence-electron chi connectivity index (χ2n) is 4.77. The van der Waals surface area contributed by atoms with Crippen LogP contribution in [-0.4, -0.2) is 11.7 Å². The average Bonchev–Trinajstić information content (AvgIpc) is 2.49. The van der Waals surface area contributed by atoms with E-state index in [0.29, 0.717) is 5.11 Å². The maximum Gasteiger partial charge on any atom is 0.166 e. The van der Waals surface area contributed by atoms with E-state index < -0.39 is 0 Å². The molecule has 2 aromatic carbocycles. The van der Waals surface area contributed by atoms with Crippen molar-refractivity contribution in [1.82, 2.24) is 10.6 Å². The lowest BCUT2D eigenvalue weighted by molar-refractivity contribution is 0.696. The van der Waals surface area contributed by atoms with Gasteiger partial charge >= 0.3 is 0 Å². The van der Waals surface area contributed by atoms with Gasteiger partial charge in [-0.25, -0.2) is 0 Å². The summed E-state index contributed by atoms with van der Waals surface area (Å²) >= 11 is 5.32. The molecule has 0 amide bonds. The van der Waals surface area contributed by atoms with Crippen LogP contribution in [0, 0.1) is 0 Å². The maximum absolute atomic E-state index is 5.32. The zero-order valence-electron chi connectivity index (χ0n) is 11.7. The zero-order chi connectivity index (χ0) is 14.2. The summed E-state index contributed by atoms with van der Waals surface area (Å²) in [6.45, 7) is 2.96.